The van der Waals surface area contributed by atoms with Gasteiger partial charge in [0.05, 0.1) is 13.2 Å². The van der Waals surface area contributed by atoms with Crippen molar-refractivity contribution in [3.05, 3.63) is 89.0 Å². The van der Waals surface area contributed by atoms with Crippen molar-refractivity contribution >= 4 is 29.3 Å². The summed E-state index contributed by atoms with van der Waals surface area (Å²) in [5.74, 6) is 1.73. The first-order chi connectivity index (χ1) is 15.4. The molecule has 3 aromatic rings. The fourth-order valence-electron chi connectivity index (χ4n) is 2.89. The quantitative estimate of drug-likeness (QED) is 0.384. The Morgan fingerprint density at radius 3 is 2.38 bits per heavy atom. The Morgan fingerprint density at radius 1 is 1.00 bits per heavy atom. The molecule has 3 rings (SSSR count). The van der Waals surface area contributed by atoms with E-state index >= 15 is 0 Å². The summed E-state index contributed by atoms with van der Waals surface area (Å²) in [6.07, 6.45) is 3.29. The lowest BCUT2D eigenvalue weighted by Crippen LogP contribution is -2.08. The van der Waals surface area contributed by atoms with Crippen molar-refractivity contribution in [2.24, 2.45) is 0 Å². The van der Waals surface area contributed by atoms with Crippen LogP contribution in [-0.4, -0.2) is 19.1 Å². The number of halogens is 1. The summed E-state index contributed by atoms with van der Waals surface area (Å²) < 4.78 is 16.9. The minimum absolute atomic E-state index is 0.101. The highest BCUT2D eigenvalue weighted by Crippen LogP contribution is 2.29. The van der Waals surface area contributed by atoms with E-state index in [1.807, 2.05) is 68.4 Å². The minimum atomic E-state index is -0.232. The highest BCUT2D eigenvalue weighted by molar-refractivity contribution is 6.30. The van der Waals surface area contributed by atoms with Crippen LogP contribution in [0.25, 0.3) is 6.08 Å². The third kappa shape index (κ3) is 7.06. The number of hydrogen-bond donors (Lipinski definition) is 1. The Bertz CT molecular complexity index is 1060. The lowest BCUT2D eigenvalue weighted by atomic mass is 10.2. The average molecular weight is 452 g/mol. The van der Waals surface area contributed by atoms with E-state index in [4.69, 9.17) is 25.8 Å². The van der Waals surface area contributed by atoms with Crippen LogP contribution >= 0.6 is 11.6 Å². The van der Waals surface area contributed by atoms with E-state index in [1.165, 1.54) is 6.08 Å². The predicted molar refractivity (Wildman–Crippen MR) is 129 cm³/mol. The van der Waals surface area contributed by atoms with Crippen molar-refractivity contribution < 1.29 is 19.0 Å². The van der Waals surface area contributed by atoms with Crippen molar-refractivity contribution in [1.82, 2.24) is 0 Å². The first kappa shape index (κ1) is 23.2. The number of ether oxygens (including phenoxy) is 3. The van der Waals surface area contributed by atoms with E-state index in [2.05, 4.69) is 5.32 Å². The fraction of sp³-hybridized carbons (Fsp3) is 0.192. The van der Waals surface area contributed by atoms with Crippen molar-refractivity contribution in [3.63, 3.8) is 0 Å². The Morgan fingerprint density at radius 2 is 1.72 bits per heavy atom. The molecule has 0 atom stereocenters. The zero-order valence-electron chi connectivity index (χ0n) is 18.3. The monoisotopic (exact) mass is 451 g/mol. The van der Waals surface area contributed by atoms with Gasteiger partial charge >= 0.3 is 0 Å². The van der Waals surface area contributed by atoms with Crippen molar-refractivity contribution in [3.8, 4) is 17.2 Å². The molecule has 0 aliphatic rings. The molecule has 5 nitrogen and oxygen atoms in total. The topological polar surface area (TPSA) is 56.8 Å². The first-order valence-corrected chi connectivity index (χ1v) is 10.6. The van der Waals surface area contributed by atoms with Gasteiger partial charge in [0.1, 0.15) is 12.4 Å². The van der Waals surface area contributed by atoms with Crippen LogP contribution in [0.4, 0.5) is 5.69 Å². The van der Waals surface area contributed by atoms with Gasteiger partial charge in [0.2, 0.25) is 5.91 Å². The number of benzene rings is 3. The van der Waals surface area contributed by atoms with E-state index in [-0.39, 0.29) is 12.0 Å². The molecule has 166 valence electrons. The third-order valence-electron chi connectivity index (χ3n) is 4.42. The summed E-state index contributed by atoms with van der Waals surface area (Å²) in [5.41, 5.74) is 2.51. The first-order valence-electron chi connectivity index (χ1n) is 10.2. The lowest BCUT2D eigenvalue weighted by Gasteiger charge is -2.11. The normalized spacial score (nSPS) is 10.9. The number of nitrogens with one attached hydrogen (secondary N) is 1. The van der Waals surface area contributed by atoms with Gasteiger partial charge < -0.3 is 19.5 Å². The number of carbonyl (C=O) groups excluding carboxylic acids is 1. The highest BCUT2D eigenvalue weighted by Gasteiger charge is 2.06. The molecule has 1 amide bonds. The van der Waals surface area contributed by atoms with Crippen molar-refractivity contribution in [2.45, 2.75) is 26.6 Å². The molecule has 3 aromatic carbocycles. The molecule has 0 bridgehead atoms. The van der Waals surface area contributed by atoms with Crippen molar-refractivity contribution in [2.75, 3.05) is 12.4 Å². The molecule has 0 unspecified atom stereocenters. The molecule has 0 aromatic heterocycles. The van der Waals surface area contributed by atoms with Crippen molar-refractivity contribution in [1.29, 1.82) is 0 Å². The Labute approximate surface area is 193 Å². The summed E-state index contributed by atoms with van der Waals surface area (Å²) >= 11 is 5.91. The zero-order chi connectivity index (χ0) is 22.9. The number of carbonyl (C=O) groups is 1. The number of amides is 1. The van der Waals surface area contributed by atoms with Gasteiger partial charge in [0.15, 0.2) is 11.5 Å². The van der Waals surface area contributed by atoms with Crippen LogP contribution in [0, 0.1) is 0 Å². The van der Waals surface area contributed by atoms with Crippen LogP contribution in [0.3, 0.4) is 0 Å². The second-order valence-electron chi connectivity index (χ2n) is 7.34. The molecule has 0 aliphatic carbocycles. The summed E-state index contributed by atoms with van der Waals surface area (Å²) in [6.45, 7) is 4.33. The van der Waals surface area contributed by atoms with Crippen LogP contribution in [0.5, 0.6) is 17.2 Å². The minimum Gasteiger partial charge on any atom is -0.493 e. The van der Waals surface area contributed by atoms with Crippen LogP contribution in [0.15, 0.2) is 72.8 Å². The number of rotatable bonds is 9. The molecule has 0 radical (unpaired) electrons. The van der Waals surface area contributed by atoms with E-state index in [9.17, 15) is 4.79 Å². The van der Waals surface area contributed by atoms with Crippen LogP contribution in [0.2, 0.25) is 5.02 Å². The molecule has 32 heavy (non-hydrogen) atoms. The van der Waals surface area contributed by atoms with Crippen LogP contribution in [-0.2, 0) is 11.4 Å². The Kier molecular flexibility index (Phi) is 8.17. The summed E-state index contributed by atoms with van der Waals surface area (Å²) in [5, 5.41) is 3.51. The van der Waals surface area contributed by atoms with E-state index in [1.54, 1.807) is 25.3 Å². The molecular weight excluding hydrogens is 426 g/mol. The summed E-state index contributed by atoms with van der Waals surface area (Å²) in [7, 11) is 1.58. The Hall–Kier alpha value is -3.44. The van der Waals surface area contributed by atoms with Crippen LogP contribution < -0.4 is 19.5 Å². The maximum atomic E-state index is 12.3. The van der Waals surface area contributed by atoms with Gasteiger partial charge in [-0.25, -0.2) is 0 Å². The SMILES string of the molecule is COc1cc(C=CC(=O)Nc2ccc(OC(C)C)cc2)ccc1OCc1ccc(Cl)cc1. The van der Waals surface area contributed by atoms with E-state index in [0.717, 1.165) is 16.9 Å². The predicted octanol–water partition coefficient (Wildman–Crippen LogP) is 6.37. The molecule has 0 spiro atoms. The second kappa shape index (κ2) is 11.3. The summed E-state index contributed by atoms with van der Waals surface area (Å²) in [6, 6.07) is 20.2. The molecule has 0 fully saturated rings. The molecular formula is C26H26ClNO4. The number of methoxy groups -OCH3 is 1. The van der Waals surface area contributed by atoms with Gasteiger partial charge in [-0.15, -0.1) is 0 Å². The average Bonchev–Trinajstić information content (AvgIpc) is 2.78. The zero-order valence-corrected chi connectivity index (χ0v) is 19.1. The third-order valence-corrected chi connectivity index (χ3v) is 4.67. The number of hydrogen-bond acceptors (Lipinski definition) is 4. The van der Waals surface area contributed by atoms with Gasteiger partial charge in [-0.1, -0.05) is 29.8 Å². The van der Waals surface area contributed by atoms with Crippen LogP contribution in [0.1, 0.15) is 25.0 Å². The maximum absolute atomic E-state index is 12.3. The molecule has 0 aliphatic heterocycles. The Balaban J connectivity index is 1.58. The molecule has 1 N–H and O–H groups in total. The maximum Gasteiger partial charge on any atom is 0.248 e. The molecule has 0 heterocycles. The second-order valence-corrected chi connectivity index (χ2v) is 7.78. The van der Waals surface area contributed by atoms with Gasteiger partial charge in [-0.05, 0) is 79.6 Å². The number of anilines is 1. The summed E-state index contributed by atoms with van der Waals surface area (Å²) in [4.78, 5) is 12.3. The molecule has 0 saturated carbocycles. The fourth-order valence-corrected chi connectivity index (χ4v) is 3.02. The molecule has 0 saturated heterocycles. The van der Waals surface area contributed by atoms with Gasteiger partial charge in [0, 0.05) is 16.8 Å². The van der Waals surface area contributed by atoms with Gasteiger partial charge in [-0.3, -0.25) is 4.79 Å². The largest absolute Gasteiger partial charge is 0.493 e. The lowest BCUT2D eigenvalue weighted by molar-refractivity contribution is -0.111. The van der Waals surface area contributed by atoms with E-state index < -0.39 is 0 Å². The standard InChI is InChI=1S/C26H26ClNO4/c1-18(2)32-23-12-10-22(11-13-23)28-26(29)15-7-19-6-14-24(25(16-19)30-3)31-17-20-4-8-21(27)9-5-20/h4-16,18H,17H2,1-3H3,(H,28,29). The smallest absolute Gasteiger partial charge is 0.248 e. The van der Waals surface area contributed by atoms with E-state index in [0.29, 0.717) is 28.8 Å². The molecule has 6 heteroatoms. The van der Waals surface area contributed by atoms with Gasteiger partial charge in [-0.2, -0.15) is 0 Å². The van der Waals surface area contributed by atoms with Gasteiger partial charge in [0.25, 0.3) is 0 Å². The highest BCUT2D eigenvalue weighted by atomic mass is 35.5.